The van der Waals surface area contributed by atoms with Crippen LogP contribution in [-0.2, 0) is 4.79 Å². The Balaban J connectivity index is 1.82. The predicted octanol–water partition coefficient (Wildman–Crippen LogP) is 2.66. The molecule has 0 aliphatic rings. The maximum Gasteiger partial charge on any atom is 0.276 e. The number of nitrogens with one attached hydrogen (secondary N) is 2. The highest BCUT2D eigenvalue weighted by atomic mass is 16.5. The van der Waals surface area contributed by atoms with Gasteiger partial charge in [-0.15, -0.1) is 0 Å². The Morgan fingerprint density at radius 3 is 2.20 bits per heavy atom. The summed E-state index contributed by atoms with van der Waals surface area (Å²) in [7, 11) is 1.52. The Hall–Kier alpha value is -3.02. The fraction of sp³-hybridized carbons (Fsp3) is 0.263. The largest absolute Gasteiger partial charge is 0.493 e. The van der Waals surface area contributed by atoms with E-state index in [1.165, 1.54) is 7.11 Å². The van der Waals surface area contributed by atoms with Crippen LogP contribution in [0.3, 0.4) is 0 Å². The van der Waals surface area contributed by atoms with E-state index in [-0.39, 0.29) is 12.5 Å². The molecule has 0 aromatic heterocycles. The number of para-hydroxylation sites is 2. The number of ether oxygens (including phenoxy) is 2. The molecule has 0 unspecified atom stereocenters. The van der Waals surface area contributed by atoms with Crippen LogP contribution in [-0.4, -0.2) is 25.5 Å². The van der Waals surface area contributed by atoms with Crippen LogP contribution < -0.4 is 20.3 Å². The van der Waals surface area contributed by atoms with Gasteiger partial charge in [-0.2, -0.15) is 0 Å². The van der Waals surface area contributed by atoms with Gasteiger partial charge in [0.05, 0.1) is 7.11 Å². The standard InChI is InChI=1S/C19H22N2O4/c1-13(2)14-8-10-15(11-9-14)19(23)21-20-18(22)12-25-17-7-5-4-6-16(17)24-3/h4-11,13H,12H2,1-3H3,(H,20,22)(H,21,23). The molecule has 2 aromatic carbocycles. The lowest BCUT2D eigenvalue weighted by Gasteiger charge is -2.11. The van der Waals surface area contributed by atoms with Gasteiger partial charge >= 0.3 is 0 Å². The third-order valence-electron chi connectivity index (χ3n) is 3.58. The first-order chi connectivity index (χ1) is 12.0. The number of amides is 2. The average molecular weight is 342 g/mol. The molecule has 0 saturated carbocycles. The van der Waals surface area contributed by atoms with E-state index in [1.54, 1.807) is 36.4 Å². The normalized spacial score (nSPS) is 10.2. The zero-order valence-corrected chi connectivity index (χ0v) is 14.5. The molecule has 25 heavy (non-hydrogen) atoms. The molecule has 2 N–H and O–H groups in total. The Labute approximate surface area is 147 Å². The minimum absolute atomic E-state index is 0.243. The molecule has 0 bridgehead atoms. The molecule has 6 nitrogen and oxygen atoms in total. The van der Waals surface area contributed by atoms with Crippen molar-refractivity contribution in [1.29, 1.82) is 0 Å². The third-order valence-corrected chi connectivity index (χ3v) is 3.58. The molecular weight excluding hydrogens is 320 g/mol. The molecule has 0 spiro atoms. The molecule has 2 amide bonds. The van der Waals surface area contributed by atoms with E-state index < -0.39 is 5.91 Å². The molecule has 0 radical (unpaired) electrons. The van der Waals surface area contributed by atoms with Gasteiger partial charge in [0, 0.05) is 5.56 Å². The second-order valence-electron chi connectivity index (χ2n) is 5.72. The van der Waals surface area contributed by atoms with Gasteiger partial charge in [-0.25, -0.2) is 0 Å². The summed E-state index contributed by atoms with van der Waals surface area (Å²) >= 11 is 0. The Morgan fingerprint density at radius 2 is 1.60 bits per heavy atom. The lowest BCUT2D eigenvalue weighted by molar-refractivity contribution is -0.123. The van der Waals surface area contributed by atoms with Crippen molar-refractivity contribution in [3.8, 4) is 11.5 Å². The summed E-state index contributed by atoms with van der Waals surface area (Å²) in [6.45, 7) is 3.92. The van der Waals surface area contributed by atoms with Crippen molar-refractivity contribution in [3.63, 3.8) is 0 Å². The molecule has 0 saturated heterocycles. The summed E-state index contributed by atoms with van der Waals surface area (Å²) in [5.41, 5.74) is 6.30. The van der Waals surface area contributed by atoms with E-state index in [9.17, 15) is 9.59 Å². The summed E-state index contributed by atoms with van der Waals surface area (Å²) in [6, 6.07) is 14.2. The summed E-state index contributed by atoms with van der Waals surface area (Å²) in [6.07, 6.45) is 0. The van der Waals surface area contributed by atoms with Gasteiger partial charge in [0.25, 0.3) is 11.8 Å². The van der Waals surface area contributed by atoms with E-state index in [4.69, 9.17) is 9.47 Å². The lowest BCUT2D eigenvalue weighted by atomic mass is 10.0. The van der Waals surface area contributed by atoms with Crippen molar-refractivity contribution in [1.82, 2.24) is 10.9 Å². The van der Waals surface area contributed by atoms with E-state index in [1.807, 2.05) is 12.1 Å². The summed E-state index contributed by atoms with van der Waals surface area (Å²) in [4.78, 5) is 23.8. The number of hydrazine groups is 1. The van der Waals surface area contributed by atoms with Crippen molar-refractivity contribution < 1.29 is 19.1 Å². The molecule has 0 atom stereocenters. The monoisotopic (exact) mass is 342 g/mol. The molecule has 2 rings (SSSR count). The average Bonchev–Trinajstić information content (AvgIpc) is 2.64. The van der Waals surface area contributed by atoms with E-state index in [2.05, 4.69) is 24.7 Å². The first kappa shape index (κ1) is 18.3. The van der Waals surface area contributed by atoms with Crippen LogP contribution in [0.25, 0.3) is 0 Å². The molecule has 2 aromatic rings. The van der Waals surface area contributed by atoms with Gasteiger partial charge in [-0.3, -0.25) is 20.4 Å². The first-order valence-corrected chi connectivity index (χ1v) is 7.96. The van der Waals surface area contributed by atoms with Gasteiger partial charge in [0.15, 0.2) is 18.1 Å². The van der Waals surface area contributed by atoms with E-state index >= 15 is 0 Å². The minimum atomic E-state index is -0.474. The third kappa shape index (κ3) is 5.24. The van der Waals surface area contributed by atoms with Crippen molar-refractivity contribution in [2.75, 3.05) is 13.7 Å². The molecule has 0 heterocycles. The van der Waals surface area contributed by atoms with Gasteiger partial charge in [0.1, 0.15) is 0 Å². The zero-order valence-electron chi connectivity index (χ0n) is 14.5. The van der Waals surface area contributed by atoms with Crippen molar-refractivity contribution in [2.24, 2.45) is 0 Å². The number of carbonyl (C=O) groups excluding carboxylic acids is 2. The van der Waals surface area contributed by atoms with Gasteiger partial charge in [0.2, 0.25) is 0 Å². The second-order valence-corrected chi connectivity index (χ2v) is 5.72. The number of hydrogen-bond acceptors (Lipinski definition) is 4. The summed E-state index contributed by atoms with van der Waals surface area (Å²) in [5, 5.41) is 0. The Kier molecular flexibility index (Phi) is 6.39. The Bertz CT molecular complexity index is 726. The quantitative estimate of drug-likeness (QED) is 0.791. The van der Waals surface area contributed by atoms with E-state index in [0.29, 0.717) is 23.0 Å². The van der Waals surface area contributed by atoms with Crippen LogP contribution in [0.1, 0.15) is 35.7 Å². The highest BCUT2D eigenvalue weighted by molar-refractivity contribution is 5.95. The van der Waals surface area contributed by atoms with Crippen LogP contribution in [0, 0.1) is 0 Å². The van der Waals surface area contributed by atoms with Crippen LogP contribution in [0.2, 0.25) is 0 Å². The number of methoxy groups -OCH3 is 1. The van der Waals surface area contributed by atoms with E-state index in [0.717, 1.165) is 5.56 Å². The molecule has 6 heteroatoms. The van der Waals surface area contributed by atoms with Crippen molar-refractivity contribution in [2.45, 2.75) is 19.8 Å². The highest BCUT2D eigenvalue weighted by Gasteiger charge is 2.10. The number of carbonyl (C=O) groups is 2. The maximum atomic E-state index is 12.0. The number of hydrogen-bond donors (Lipinski definition) is 2. The molecular formula is C19H22N2O4. The highest BCUT2D eigenvalue weighted by Crippen LogP contribution is 2.25. The maximum absolute atomic E-state index is 12.0. The molecule has 132 valence electrons. The summed E-state index contributed by atoms with van der Waals surface area (Å²) < 4.78 is 10.5. The van der Waals surface area contributed by atoms with Gasteiger partial charge in [-0.1, -0.05) is 38.1 Å². The van der Waals surface area contributed by atoms with Crippen LogP contribution in [0.15, 0.2) is 48.5 Å². The van der Waals surface area contributed by atoms with Crippen molar-refractivity contribution >= 4 is 11.8 Å². The van der Waals surface area contributed by atoms with Gasteiger partial charge < -0.3 is 9.47 Å². The second kappa shape index (κ2) is 8.73. The fourth-order valence-electron chi connectivity index (χ4n) is 2.14. The first-order valence-electron chi connectivity index (χ1n) is 7.96. The smallest absolute Gasteiger partial charge is 0.276 e. The van der Waals surface area contributed by atoms with Crippen LogP contribution in [0.4, 0.5) is 0 Å². The fourth-order valence-corrected chi connectivity index (χ4v) is 2.14. The minimum Gasteiger partial charge on any atom is -0.493 e. The van der Waals surface area contributed by atoms with Gasteiger partial charge in [-0.05, 0) is 35.7 Å². The van der Waals surface area contributed by atoms with Crippen molar-refractivity contribution in [3.05, 3.63) is 59.7 Å². The number of benzene rings is 2. The molecule has 0 aliphatic heterocycles. The molecule has 0 fully saturated rings. The van der Waals surface area contributed by atoms with Crippen LogP contribution in [0.5, 0.6) is 11.5 Å². The Morgan fingerprint density at radius 1 is 0.960 bits per heavy atom. The lowest BCUT2D eigenvalue weighted by Crippen LogP contribution is -2.43. The summed E-state index contributed by atoms with van der Waals surface area (Å²) in [5.74, 6) is 0.517. The predicted molar refractivity (Wildman–Crippen MR) is 94.6 cm³/mol. The molecule has 0 aliphatic carbocycles. The van der Waals surface area contributed by atoms with Crippen LogP contribution >= 0.6 is 0 Å². The topological polar surface area (TPSA) is 76.7 Å². The zero-order chi connectivity index (χ0) is 18.2. The SMILES string of the molecule is COc1ccccc1OCC(=O)NNC(=O)c1ccc(C(C)C)cc1. The number of rotatable bonds is 6.